The van der Waals surface area contributed by atoms with Crippen LogP contribution in [0.4, 0.5) is 5.69 Å². The van der Waals surface area contributed by atoms with Crippen LogP contribution in [0.2, 0.25) is 0 Å². The zero-order valence-corrected chi connectivity index (χ0v) is 15.7. The average molecular weight is 368 g/mol. The fraction of sp³-hybridized carbons (Fsp3) is 0.556. The number of nitrogens with zero attached hydrogens (tertiary/aromatic N) is 2. The maximum absolute atomic E-state index is 12.8. The Morgan fingerprint density at radius 1 is 1.36 bits per heavy atom. The summed E-state index contributed by atoms with van der Waals surface area (Å²) >= 11 is 0. The number of nitrogens with two attached hydrogens (primary N) is 1. The predicted octanol–water partition coefficient (Wildman–Crippen LogP) is 1.81. The SMILES string of the molecule is CC1Oc2ccccc2N(CC(=O)N2CCC(N)C(C)(C)C2)C1=O.Cl. The highest BCUT2D eigenvalue weighted by Gasteiger charge is 2.38. The summed E-state index contributed by atoms with van der Waals surface area (Å²) < 4.78 is 5.62. The number of anilines is 1. The quantitative estimate of drug-likeness (QED) is 0.864. The molecular formula is C18H26ClN3O3. The maximum Gasteiger partial charge on any atom is 0.268 e. The number of piperidine rings is 1. The molecule has 0 spiro atoms. The first-order chi connectivity index (χ1) is 11.3. The van der Waals surface area contributed by atoms with E-state index in [2.05, 4.69) is 13.8 Å². The lowest BCUT2D eigenvalue weighted by molar-refractivity contribution is -0.135. The molecule has 0 saturated carbocycles. The van der Waals surface area contributed by atoms with Gasteiger partial charge in [-0.3, -0.25) is 14.5 Å². The molecule has 1 aromatic rings. The number of ether oxygens (including phenoxy) is 1. The third-order valence-electron chi connectivity index (χ3n) is 5.03. The number of benzene rings is 1. The lowest BCUT2D eigenvalue weighted by Crippen LogP contribution is -2.56. The standard InChI is InChI=1S/C18H25N3O3.ClH/c1-12-17(23)21(13-6-4-5-7-14(13)24-12)10-16(22)20-9-8-15(19)18(2,3)11-20;/h4-7,12,15H,8-11,19H2,1-3H3;1H. The van der Waals surface area contributed by atoms with Crippen molar-refractivity contribution in [1.29, 1.82) is 0 Å². The van der Waals surface area contributed by atoms with E-state index in [-0.39, 0.29) is 42.2 Å². The van der Waals surface area contributed by atoms with Gasteiger partial charge in [0.2, 0.25) is 5.91 Å². The van der Waals surface area contributed by atoms with E-state index in [1.54, 1.807) is 6.92 Å². The van der Waals surface area contributed by atoms with Crippen LogP contribution < -0.4 is 15.4 Å². The average Bonchev–Trinajstić information content (AvgIpc) is 2.54. The van der Waals surface area contributed by atoms with Crippen LogP contribution in [-0.4, -0.2) is 48.5 Å². The molecule has 1 saturated heterocycles. The van der Waals surface area contributed by atoms with Gasteiger partial charge in [0.25, 0.3) is 5.91 Å². The minimum Gasteiger partial charge on any atom is -0.479 e. The van der Waals surface area contributed by atoms with Crippen LogP contribution in [0.25, 0.3) is 0 Å². The number of likely N-dealkylation sites (tertiary alicyclic amines) is 1. The van der Waals surface area contributed by atoms with Crippen LogP contribution in [0.5, 0.6) is 5.75 Å². The minimum atomic E-state index is -0.584. The molecule has 0 radical (unpaired) electrons. The fourth-order valence-electron chi connectivity index (χ4n) is 3.34. The normalized spacial score (nSPS) is 24.9. The smallest absolute Gasteiger partial charge is 0.268 e. The first kappa shape index (κ1) is 19.5. The van der Waals surface area contributed by atoms with Gasteiger partial charge in [-0.2, -0.15) is 0 Å². The van der Waals surface area contributed by atoms with Gasteiger partial charge in [-0.15, -0.1) is 12.4 Å². The molecule has 6 nitrogen and oxygen atoms in total. The van der Waals surface area contributed by atoms with Crippen molar-refractivity contribution in [3.8, 4) is 5.75 Å². The van der Waals surface area contributed by atoms with E-state index >= 15 is 0 Å². The second-order valence-electron chi connectivity index (χ2n) is 7.35. The van der Waals surface area contributed by atoms with Crippen molar-refractivity contribution in [3.05, 3.63) is 24.3 Å². The molecule has 1 aromatic carbocycles. The number of rotatable bonds is 2. The zero-order chi connectivity index (χ0) is 17.5. The predicted molar refractivity (Wildman–Crippen MR) is 99.1 cm³/mol. The highest BCUT2D eigenvalue weighted by Crippen LogP contribution is 2.34. The highest BCUT2D eigenvalue weighted by molar-refractivity contribution is 6.03. The fourth-order valence-corrected chi connectivity index (χ4v) is 3.34. The molecule has 1 fully saturated rings. The summed E-state index contributed by atoms with van der Waals surface area (Å²) in [5.74, 6) is 0.403. The van der Waals surface area contributed by atoms with Crippen molar-refractivity contribution < 1.29 is 14.3 Å². The molecule has 25 heavy (non-hydrogen) atoms. The monoisotopic (exact) mass is 367 g/mol. The Morgan fingerprint density at radius 3 is 2.72 bits per heavy atom. The van der Waals surface area contributed by atoms with Gasteiger partial charge in [-0.25, -0.2) is 0 Å². The van der Waals surface area contributed by atoms with Gasteiger partial charge in [-0.1, -0.05) is 26.0 Å². The maximum atomic E-state index is 12.8. The van der Waals surface area contributed by atoms with E-state index in [9.17, 15) is 9.59 Å². The number of halogens is 1. The van der Waals surface area contributed by atoms with Gasteiger partial charge in [0, 0.05) is 19.1 Å². The Kier molecular flexibility index (Phi) is 5.64. The van der Waals surface area contributed by atoms with Crippen molar-refractivity contribution in [2.24, 2.45) is 11.1 Å². The van der Waals surface area contributed by atoms with Crippen LogP contribution in [0.1, 0.15) is 27.2 Å². The lowest BCUT2D eigenvalue weighted by atomic mass is 9.79. The summed E-state index contributed by atoms with van der Waals surface area (Å²) in [4.78, 5) is 28.6. The first-order valence-electron chi connectivity index (χ1n) is 8.40. The van der Waals surface area contributed by atoms with Crippen molar-refractivity contribution in [2.75, 3.05) is 24.5 Å². The van der Waals surface area contributed by atoms with E-state index in [0.29, 0.717) is 24.5 Å². The van der Waals surface area contributed by atoms with Gasteiger partial charge in [-0.05, 0) is 30.9 Å². The molecule has 2 aliphatic rings. The number of carbonyl (C=O) groups excluding carboxylic acids is 2. The highest BCUT2D eigenvalue weighted by atomic mass is 35.5. The van der Waals surface area contributed by atoms with Crippen molar-refractivity contribution in [3.63, 3.8) is 0 Å². The third kappa shape index (κ3) is 3.75. The van der Waals surface area contributed by atoms with Crippen molar-refractivity contribution >= 4 is 29.9 Å². The number of fused-ring (bicyclic) bond motifs is 1. The number of amides is 2. The number of para-hydroxylation sites is 2. The van der Waals surface area contributed by atoms with Crippen LogP contribution in [0, 0.1) is 5.41 Å². The lowest BCUT2D eigenvalue weighted by Gasteiger charge is -2.43. The molecule has 2 unspecified atom stereocenters. The second-order valence-corrected chi connectivity index (χ2v) is 7.35. The van der Waals surface area contributed by atoms with E-state index in [4.69, 9.17) is 10.5 Å². The third-order valence-corrected chi connectivity index (χ3v) is 5.03. The summed E-state index contributed by atoms with van der Waals surface area (Å²) in [6.45, 7) is 7.15. The molecule has 7 heteroatoms. The molecule has 3 rings (SSSR count). The molecular weight excluding hydrogens is 342 g/mol. The Bertz CT molecular complexity index is 665. The Labute approximate surface area is 154 Å². The Hall–Kier alpha value is -1.79. The van der Waals surface area contributed by atoms with Gasteiger partial charge in [0.1, 0.15) is 12.3 Å². The molecule has 0 aliphatic carbocycles. The summed E-state index contributed by atoms with van der Waals surface area (Å²) in [6, 6.07) is 7.41. The molecule has 0 bridgehead atoms. The minimum absolute atomic E-state index is 0. The van der Waals surface area contributed by atoms with Gasteiger partial charge < -0.3 is 15.4 Å². The molecule has 2 N–H and O–H groups in total. The summed E-state index contributed by atoms with van der Waals surface area (Å²) in [5.41, 5.74) is 6.68. The molecule has 2 aliphatic heterocycles. The molecule has 2 heterocycles. The molecule has 0 aromatic heterocycles. The van der Waals surface area contributed by atoms with Gasteiger partial charge >= 0.3 is 0 Å². The number of hydrogen-bond donors (Lipinski definition) is 1. The Morgan fingerprint density at radius 2 is 2.04 bits per heavy atom. The van der Waals surface area contributed by atoms with E-state index in [1.165, 1.54) is 4.90 Å². The number of hydrogen-bond acceptors (Lipinski definition) is 4. The van der Waals surface area contributed by atoms with E-state index in [1.807, 2.05) is 29.2 Å². The van der Waals surface area contributed by atoms with Crippen molar-refractivity contribution in [1.82, 2.24) is 4.90 Å². The van der Waals surface area contributed by atoms with E-state index in [0.717, 1.165) is 6.42 Å². The summed E-state index contributed by atoms with van der Waals surface area (Å²) in [7, 11) is 0. The van der Waals surface area contributed by atoms with Crippen LogP contribution in [0.3, 0.4) is 0 Å². The van der Waals surface area contributed by atoms with E-state index < -0.39 is 6.10 Å². The van der Waals surface area contributed by atoms with Crippen LogP contribution in [0.15, 0.2) is 24.3 Å². The van der Waals surface area contributed by atoms with Crippen molar-refractivity contribution in [2.45, 2.75) is 39.3 Å². The van der Waals surface area contributed by atoms with Crippen LogP contribution >= 0.6 is 12.4 Å². The summed E-state index contributed by atoms with van der Waals surface area (Å²) in [6.07, 6.45) is 0.196. The Balaban J connectivity index is 0.00000225. The summed E-state index contributed by atoms with van der Waals surface area (Å²) in [5, 5.41) is 0. The first-order valence-corrected chi connectivity index (χ1v) is 8.40. The molecule has 2 amide bonds. The molecule has 138 valence electrons. The largest absolute Gasteiger partial charge is 0.479 e. The topological polar surface area (TPSA) is 75.9 Å². The second kappa shape index (κ2) is 7.22. The number of carbonyl (C=O) groups is 2. The van der Waals surface area contributed by atoms with Crippen LogP contribution in [-0.2, 0) is 9.59 Å². The zero-order valence-electron chi connectivity index (χ0n) is 14.9. The molecule has 2 atom stereocenters. The van der Waals surface area contributed by atoms with Gasteiger partial charge in [0.05, 0.1) is 5.69 Å². The van der Waals surface area contributed by atoms with Gasteiger partial charge in [0.15, 0.2) is 6.10 Å².